The molecule has 0 fully saturated rings. The molecule has 5 aromatic carbocycles. The van der Waals surface area contributed by atoms with Crippen molar-refractivity contribution in [1.82, 2.24) is 19.5 Å². The van der Waals surface area contributed by atoms with Crippen LogP contribution in [-0.2, 0) is 12.8 Å². The third-order valence-corrected chi connectivity index (χ3v) is 7.76. The van der Waals surface area contributed by atoms with Gasteiger partial charge in [-0.05, 0) is 47.2 Å². The summed E-state index contributed by atoms with van der Waals surface area (Å²) < 4.78 is 2.21. The minimum atomic E-state index is 0.623. The molecule has 0 bridgehead atoms. The van der Waals surface area contributed by atoms with Crippen molar-refractivity contribution in [3.8, 4) is 39.9 Å². The van der Waals surface area contributed by atoms with E-state index in [1.165, 1.54) is 33.0 Å². The molecule has 4 nitrogen and oxygen atoms in total. The number of rotatable bonds is 3. The number of benzene rings is 5. The molecule has 0 saturated heterocycles. The molecule has 0 spiro atoms. The number of aromatic nitrogens is 4. The van der Waals surface area contributed by atoms with E-state index in [-0.39, 0.29) is 0 Å². The van der Waals surface area contributed by atoms with Gasteiger partial charge in [-0.1, -0.05) is 109 Å². The molecule has 2 aromatic heterocycles. The van der Waals surface area contributed by atoms with Crippen molar-refractivity contribution in [3.63, 3.8) is 0 Å². The molecule has 0 aliphatic heterocycles. The summed E-state index contributed by atoms with van der Waals surface area (Å²) >= 11 is 0. The first-order valence-corrected chi connectivity index (χ1v) is 13.4. The van der Waals surface area contributed by atoms with Gasteiger partial charge in [0, 0.05) is 21.9 Å². The van der Waals surface area contributed by atoms with E-state index < -0.39 is 0 Å². The molecule has 0 radical (unpaired) electrons. The van der Waals surface area contributed by atoms with Gasteiger partial charge < -0.3 is 0 Å². The first-order chi connectivity index (χ1) is 19.3. The van der Waals surface area contributed by atoms with Crippen molar-refractivity contribution in [2.24, 2.45) is 0 Å². The Morgan fingerprint density at radius 1 is 0.487 bits per heavy atom. The Labute approximate surface area is 226 Å². The number of nitrogens with zero attached hydrogens (tertiary/aromatic N) is 4. The lowest BCUT2D eigenvalue weighted by molar-refractivity contribution is 0.940. The lowest BCUT2D eigenvalue weighted by atomic mass is 9.83. The van der Waals surface area contributed by atoms with Crippen LogP contribution in [0.2, 0.25) is 0 Å². The van der Waals surface area contributed by atoms with Gasteiger partial charge in [-0.3, -0.25) is 4.57 Å². The molecule has 1 aliphatic carbocycles. The summed E-state index contributed by atoms with van der Waals surface area (Å²) in [4.78, 5) is 15.0. The Balaban J connectivity index is 1.47. The highest BCUT2D eigenvalue weighted by Gasteiger charge is 2.24. The maximum atomic E-state index is 5.07. The zero-order valence-electron chi connectivity index (χ0n) is 21.3. The number of para-hydroxylation sites is 1. The van der Waals surface area contributed by atoms with Crippen molar-refractivity contribution in [2.45, 2.75) is 12.8 Å². The minimum Gasteiger partial charge on any atom is -0.278 e. The van der Waals surface area contributed by atoms with Crippen LogP contribution in [0.1, 0.15) is 11.1 Å². The van der Waals surface area contributed by atoms with Gasteiger partial charge in [-0.2, -0.15) is 9.97 Å². The summed E-state index contributed by atoms with van der Waals surface area (Å²) in [6, 6.07) is 42.3. The van der Waals surface area contributed by atoms with E-state index in [0.717, 1.165) is 35.0 Å². The summed E-state index contributed by atoms with van der Waals surface area (Å²) in [5.74, 6) is 1.94. The molecule has 0 atom stereocenters. The van der Waals surface area contributed by atoms with E-state index >= 15 is 0 Å². The average Bonchev–Trinajstić information content (AvgIpc) is 3.36. The van der Waals surface area contributed by atoms with Gasteiger partial charge in [0.25, 0.3) is 0 Å². The van der Waals surface area contributed by atoms with Gasteiger partial charge in [0.1, 0.15) is 0 Å². The van der Waals surface area contributed by atoms with Crippen molar-refractivity contribution in [1.29, 1.82) is 0 Å². The molecule has 2 heterocycles. The van der Waals surface area contributed by atoms with E-state index in [9.17, 15) is 0 Å². The van der Waals surface area contributed by atoms with Crippen LogP contribution in [0.15, 0.2) is 121 Å². The van der Waals surface area contributed by atoms with Gasteiger partial charge in [0.15, 0.2) is 11.6 Å². The molecule has 0 N–H and O–H groups in total. The number of aryl methyl sites for hydroxylation is 2. The summed E-state index contributed by atoms with van der Waals surface area (Å²) in [6.07, 6.45) is 2.12. The number of hydrogen-bond acceptors (Lipinski definition) is 3. The monoisotopic (exact) mass is 500 g/mol. The molecule has 184 valence electrons. The quantitative estimate of drug-likeness (QED) is 0.246. The second-order valence-corrected chi connectivity index (χ2v) is 10.0. The van der Waals surface area contributed by atoms with Gasteiger partial charge >= 0.3 is 0 Å². The lowest BCUT2D eigenvalue weighted by Crippen LogP contribution is -2.07. The van der Waals surface area contributed by atoms with Gasteiger partial charge in [0.05, 0.1) is 11.0 Å². The summed E-state index contributed by atoms with van der Waals surface area (Å²) in [6.45, 7) is 0. The van der Waals surface area contributed by atoms with Crippen LogP contribution < -0.4 is 0 Å². The first kappa shape index (κ1) is 21.9. The molecule has 0 unspecified atom stereocenters. The van der Waals surface area contributed by atoms with Crippen molar-refractivity contribution in [3.05, 3.63) is 132 Å². The molecule has 1 aliphatic rings. The summed E-state index contributed by atoms with van der Waals surface area (Å²) in [5.41, 5.74) is 9.60. The molecular weight excluding hydrogens is 476 g/mol. The Morgan fingerprint density at radius 2 is 1.10 bits per heavy atom. The van der Waals surface area contributed by atoms with Crippen LogP contribution in [0.4, 0.5) is 0 Å². The fourth-order valence-corrected chi connectivity index (χ4v) is 5.98. The Kier molecular flexibility index (Phi) is 4.92. The highest BCUT2D eigenvalue weighted by Crippen LogP contribution is 2.43. The van der Waals surface area contributed by atoms with E-state index in [4.69, 9.17) is 15.0 Å². The second kappa shape index (κ2) is 8.74. The SMILES string of the molecule is c1ccc(-c2nc(-c3ccccc3)nc(-n3c4ccccc4c4c5c(ccc43)CCc3ccccc3-5)n2)cc1. The zero-order chi connectivity index (χ0) is 25.8. The molecule has 4 heteroatoms. The third-order valence-electron chi connectivity index (χ3n) is 7.76. The molecule has 39 heavy (non-hydrogen) atoms. The zero-order valence-corrected chi connectivity index (χ0v) is 21.3. The highest BCUT2D eigenvalue weighted by molar-refractivity contribution is 6.16. The largest absolute Gasteiger partial charge is 0.278 e. The predicted molar refractivity (Wildman–Crippen MR) is 158 cm³/mol. The van der Waals surface area contributed by atoms with Crippen LogP contribution in [0, 0.1) is 0 Å². The van der Waals surface area contributed by atoms with Crippen LogP contribution in [0.5, 0.6) is 0 Å². The standard InChI is InChI=1S/C35H24N4/c1-3-12-25(13-4-1)33-36-34(26-14-5-2-6-15-26)38-35(37-33)39-29-18-10-9-17-28(29)32-30(39)22-21-24-20-19-23-11-7-8-16-27(23)31(24)32/h1-18,21-22H,19-20H2. The number of fused-ring (bicyclic) bond motifs is 7. The second-order valence-electron chi connectivity index (χ2n) is 10.0. The van der Waals surface area contributed by atoms with Crippen molar-refractivity contribution < 1.29 is 0 Å². The summed E-state index contributed by atoms with van der Waals surface area (Å²) in [7, 11) is 0. The van der Waals surface area contributed by atoms with E-state index in [1.54, 1.807) is 0 Å². The van der Waals surface area contributed by atoms with E-state index in [0.29, 0.717) is 17.6 Å². The number of hydrogen-bond donors (Lipinski definition) is 0. The normalized spacial score (nSPS) is 12.4. The lowest BCUT2D eigenvalue weighted by Gasteiger charge is -2.21. The fraction of sp³-hybridized carbons (Fsp3) is 0.0571. The van der Waals surface area contributed by atoms with Crippen molar-refractivity contribution in [2.75, 3.05) is 0 Å². The van der Waals surface area contributed by atoms with Gasteiger partial charge in [-0.25, -0.2) is 4.98 Å². The van der Waals surface area contributed by atoms with E-state index in [1.807, 2.05) is 60.7 Å². The van der Waals surface area contributed by atoms with Crippen LogP contribution in [-0.4, -0.2) is 19.5 Å². The van der Waals surface area contributed by atoms with Crippen LogP contribution >= 0.6 is 0 Å². The summed E-state index contributed by atoms with van der Waals surface area (Å²) in [5, 5.41) is 2.47. The predicted octanol–water partition coefficient (Wildman–Crippen LogP) is 8.07. The fourth-order valence-electron chi connectivity index (χ4n) is 5.98. The topological polar surface area (TPSA) is 43.6 Å². The molecule has 0 amide bonds. The third kappa shape index (κ3) is 3.49. The van der Waals surface area contributed by atoms with Crippen LogP contribution in [0.3, 0.4) is 0 Å². The Hall–Kier alpha value is -5.09. The molecule has 0 saturated carbocycles. The van der Waals surface area contributed by atoms with E-state index in [2.05, 4.69) is 65.2 Å². The smallest absolute Gasteiger partial charge is 0.238 e. The van der Waals surface area contributed by atoms with Crippen LogP contribution in [0.25, 0.3) is 61.7 Å². The molecule has 7 aromatic rings. The Bertz CT molecular complexity index is 1950. The highest BCUT2D eigenvalue weighted by atomic mass is 15.2. The Morgan fingerprint density at radius 3 is 1.85 bits per heavy atom. The minimum absolute atomic E-state index is 0.623. The molecular formula is C35H24N4. The maximum Gasteiger partial charge on any atom is 0.238 e. The van der Waals surface area contributed by atoms with Crippen molar-refractivity contribution >= 4 is 21.8 Å². The van der Waals surface area contributed by atoms with Gasteiger partial charge in [-0.15, -0.1) is 0 Å². The van der Waals surface area contributed by atoms with Gasteiger partial charge in [0.2, 0.25) is 5.95 Å². The molecule has 8 rings (SSSR count). The first-order valence-electron chi connectivity index (χ1n) is 13.4. The average molecular weight is 501 g/mol. The maximum absolute atomic E-state index is 5.07.